The molecule has 0 spiro atoms. The van der Waals surface area contributed by atoms with Gasteiger partial charge in [-0.3, -0.25) is 14.2 Å². The Morgan fingerprint density at radius 1 is 1.25 bits per heavy atom. The second-order valence-electron chi connectivity index (χ2n) is 6.97. The van der Waals surface area contributed by atoms with Crippen molar-refractivity contribution in [2.45, 2.75) is 18.6 Å². The van der Waals surface area contributed by atoms with Gasteiger partial charge in [-0.2, -0.15) is 0 Å². The summed E-state index contributed by atoms with van der Waals surface area (Å²) in [6, 6.07) is 14.5. The number of carbonyl (C=O) groups excluding carboxylic acids is 1. The van der Waals surface area contributed by atoms with E-state index in [9.17, 15) is 9.59 Å². The highest BCUT2D eigenvalue weighted by Crippen LogP contribution is 2.32. The molecule has 0 fully saturated rings. The molecule has 2 aromatic heterocycles. The highest BCUT2D eigenvalue weighted by atomic mass is 35.5. The highest BCUT2D eigenvalue weighted by molar-refractivity contribution is 7.99. The Balaban J connectivity index is 1.72. The number of amides is 1. The molecular weight excluding hydrogens is 466 g/mol. The van der Waals surface area contributed by atoms with E-state index in [1.54, 1.807) is 41.7 Å². The lowest BCUT2D eigenvalue weighted by Crippen LogP contribution is -2.26. The number of thioether (sulfide) groups is 1. The summed E-state index contributed by atoms with van der Waals surface area (Å²) >= 11 is 9.05. The number of fused-ring (bicyclic) bond motifs is 1. The van der Waals surface area contributed by atoms with E-state index in [4.69, 9.17) is 16.3 Å². The summed E-state index contributed by atoms with van der Waals surface area (Å²) < 4.78 is 6.99. The number of thiophene rings is 1. The molecule has 4 rings (SSSR count). The second kappa shape index (κ2) is 9.77. The van der Waals surface area contributed by atoms with Crippen molar-refractivity contribution < 1.29 is 9.53 Å². The molecule has 164 valence electrons. The molecule has 6 nitrogen and oxygen atoms in total. The van der Waals surface area contributed by atoms with Crippen LogP contribution in [0.3, 0.4) is 0 Å². The van der Waals surface area contributed by atoms with Gasteiger partial charge >= 0.3 is 0 Å². The number of rotatable bonds is 7. The summed E-state index contributed by atoms with van der Waals surface area (Å²) in [4.78, 5) is 31.7. The molecule has 0 saturated heterocycles. The molecule has 1 N–H and O–H groups in total. The van der Waals surface area contributed by atoms with Crippen molar-refractivity contribution in [3.05, 3.63) is 79.7 Å². The molecule has 4 aromatic rings. The molecule has 0 aliphatic rings. The van der Waals surface area contributed by atoms with Crippen molar-refractivity contribution in [3.63, 3.8) is 0 Å². The van der Waals surface area contributed by atoms with Gasteiger partial charge in [0, 0.05) is 16.0 Å². The van der Waals surface area contributed by atoms with Crippen LogP contribution in [0.2, 0.25) is 5.02 Å². The number of carbonyl (C=O) groups is 1. The Hall–Kier alpha value is -2.81. The fraction of sp³-hybridized carbons (Fsp3) is 0.174. The van der Waals surface area contributed by atoms with Gasteiger partial charge in [-0.1, -0.05) is 41.6 Å². The zero-order valence-electron chi connectivity index (χ0n) is 17.4. The van der Waals surface area contributed by atoms with Crippen molar-refractivity contribution in [1.29, 1.82) is 0 Å². The third-order valence-electron chi connectivity index (χ3n) is 4.82. The van der Waals surface area contributed by atoms with E-state index in [-0.39, 0.29) is 17.2 Å². The zero-order valence-corrected chi connectivity index (χ0v) is 19.8. The maximum Gasteiger partial charge on any atom is 0.266 e. The average molecular weight is 486 g/mol. The first-order chi connectivity index (χ1) is 15.5. The quantitative estimate of drug-likeness (QED) is 0.300. The molecule has 0 aliphatic heterocycles. The number of methoxy groups -OCH3 is 1. The van der Waals surface area contributed by atoms with Crippen LogP contribution in [0, 0.1) is 6.92 Å². The lowest BCUT2D eigenvalue weighted by atomic mass is 10.2. The number of halogens is 1. The minimum absolute atomic E-state index is 0.116. The predicted octanol–water partition coefficient (Wildman–Crippen LogP) is 4.83. The van der Waals surface area contributed by atoms with Crippen LogP contribution in [0.5, 0.6) is 5.75 Å². The van der Waals surface area contributed by atoms with Crippen LogP contribution in [0.4, 0.5) is 0 Å². The molecule has 9 heteroatoms. The number of hydrogen-bond acceptors (Lipinski definition) is 6. The van der Waals surface area contributed by atoms with E-state index in [1.165, 1.54) is 23.4 Å². The predicted molar refractivity (Wildman–Crippen MR) is 131 cm³/mol. The number of ether oxygens (including phenoxy) is 1. The standard InChI is InChI=1S/C23H20ClN3O3S2/c1-14-10-19(20(30-2)11-17(14)24)27-22(29)16-7-3-4-8-18(16)26-23(27)32-13-21(28)25-12-15-6-5-9-31-15/h3-11H,12-13H2,1-2H3,(H,25,28). The molecule has 0 aliphatic carbocycles. The largest absolute Gasteiger partial charge is 0.495 e. The maximum atomic E-state index is 13.5. The molecule has 0 unspecified atom stereocenters. The third kappa shape index (κ3) is 4.67. The van der Waals surface area contributed by atoms with Crippen LogP contribution in [-0.4, -0.2) is 28.3 Å². The monoisotopic (exact) mass is 485 g/mol. The Labute approximate surface area is 198 Å². The molecule has 0 radical (unpaired) electrons. The number of para-hydroxylation sites is 1. The van der Waals surface area contributed by atoms with E-state index in [1.807, 2.05) is 30.5 Å². The minimum Gasteiger partial charge on any atom is -0.495 e. The Kier molecular flexibility index (Phi) is 6.83. The van der Waals surface area contributed by atoms with E-state index < -0.39 is 0 Å². The van der Waals surface area contributed by atoms with Gasteiger partial charge in [0.25, 0.3) is 5.56 Å². The first kappa shape index (κ1) is 22.4. The number of nitrogens with zero attached hydrogens (tertiary/aromatic N) is 2. The number of hydrogen-bond donors (Lipinski definition) is 1. The summed E-state index contributed by atoms with van der Waals surface area (Å²) in [5.74, 6) is 0.422. The van der Waals surface area contributed by atoms with Gasteiger partial charge < -0.3 is 10.1 Å². The fourth-order valence-corrected chi connectivity index (χ4v) is 4.82. The second-order valence-corrected chi connectivity index (χ2v) is 9.35. The molecule has 0 bridgehead atoms. The lowest BCUT2D eigenvalue weighted by Gasteiger charge is -2.17. The molecular formula is C23H20ClN3O3S2. The molecule has 2 aromatic carbocycles. The van der Waals surface area contributed by atoms with Crippen LogP contribution in [-0.2, 0) is 11.3 Å². The number of aryl methyl sites for hydroxylation is 1. The van der Waals surface area contributed by atoms with E-state index in [2.05, 4.69) is 10.3 Å². The van der Waals surface area contributed by atoms with Crippen molar-refractivity contribution in [2.75, 3.05) is 12.9 Å². The van der Waals surface area contributed by atoms with Crippen LogP contribution >= 0.6 is 34.7 Å². The van der Waals surface area contributed by atoms with Crippen LogP contribution in [0.1, 0.15) is 10.4 Å². The Bertz CT molecular complexity index is 1340. The molecule has 0 atom stereocenters. The van der Waals surface area contributed by atoms with Gasteiger partial charge in [-0.25, -0.2) is 4.98 Å². The number of benzene rings is 2. The van der Waals surface area contributed by atoms with Crippen LogP contribution in [0.25, 0.3) is 16.6 Å². The first-order valence-electron chi connectivity index (χ1n) is 9.76. The van der Waals surface area contributed by atoms with Crippen molar-refractivity contribution in [2.24, 2.45) is 0 Å². The SMILES string of the molecule is COc1cc(Cl)c(C)cc1-n1c(SCC(=O)NCc2cccs2)nc2ccccc2c1=O. The Morgan fingerprint density at radius 2 is 2.06 bits per heavy atom. The van der Waals surface area contributed by atoms with Crippen molar-refractivity contribution in [3.8, 4) is 11.4 Å². The van der Waals surface area contributed by atoms with E-state index >= 15 is 0 Å². The zero-order chi connectivity index (χ0) is 22.7. The van der Waals surface area contributed by atoms with E-state index in [0.29, 0.717) is 39.1 Å². The van der Waals surface area contributed by atoms with Gasteiger partial charge in [-0.05, 0) is 42.1 Å². The maximum absolute atomic E-state index is 13.5. The van der Waals surface area contributed by atoms with Gasteiger partial charge in [0.2, 0.25) is 5.91 Å². The van der Waals surface area contributed by atoms with Gasteiger partial charge in [0.05, 0.1) is 36.0 Å². The van der Waals surface area contributed by atoms with Crippen LogP contribution in [0.15, 0.2) is 63.9 Å². The third-order valence-corrected chi connectivity index (χ3v) is 7.04. The lowest BCUT2D eigenvalue weighted by molar-refractivity contribution is -0.118. The van der Waals surface area contributed by atoms with Crippen molar-refractivity contribution >= 4 is 51.5 Å². The van der Waals surface area contributed by atoms with Gasteiger partial charge in [0.1, 0.15) is 5.75 Å². The summed E-state index contributed by atoms with van der Waals surface area (Å²) in [6.45, 7) is 2.33. The highest BCUT2D eigenvalue weighted by Gasteiger charge is 2.18. The Morgan fingerprint density at radius 3 is 2.81 bits per heavy atom. The molecule has 32 heavy (non-hydrogen) atoms. The molecule has 2 heterocycles. The summed E-state index contributed by atoms with van der Waals surface area (Å²) in [5.41, 5.74) is 1.66. The average Bonchev–Trinajstić information content (AvgIpc) is 3.32. The summed E-state index contributed by atoms with van der Waals surface area (Å²) in [7, 11) is 1.52. The summed E-state index contributed by atoms with van der Waals surface area (Å²) in [5, 5.41) is 6.29. The smallest absolute Gasteiger partial charge is 0.266 e. The minimum atomic E-state index is -0.239. The topological polar surface area (TPSA) is 73.2 Å². The van der Waals surface area contributed by atoms with Gasteiger partial charge in [0.15, 0.2) is 5.16 Å². The van der Waals surface area contributed by atoms with Crippen molar-refractivity contribution in [1.82, 2.24) is 14.9 Å². The molecule has 0 saturated carbocycles. The van der Waals surface area contributed by atoms with Crippen LogP contribution < -0.4 is 15.6 Å². The fourth-order valence-electron chi connectivity index (χ4n) is 3.19. The van der Waals surface area contributed by atoms with E-state index in [0.717, 1.165) is 10.4 Å². The number of aromatic nitrogens is 2. The number of nitrogens with one attached hydrogen (secondary N) is 1. The molecule has 1 amide bonds. The van der Waals surface area contributed by atoms with Gasteiger partial charge in [-0.15, -0.1) is 11.3 Å². The first-order valence-corrected chi connectivity index (χ1v) is 12.0. The summed E-state index contributed by atoms with van der Waals surface area (Å²) in [6.07, 6.45) is 0. The normalized spacial score (nSPS) is 11.0.